The molecule has 4 atom stereocenters. The highest BCUT2D eigenvalue weighted by Crippen LogP contribution is 2.62. The summed E-state index contributed by atoms with van der Waals surface area (Å²) < 4.78 is 6.21. The molecule has 1 amide bonds. The Morgan fingerprint density at radius 2 is 1.85 bits per heavy atom. The molecule has 8 rings (SSSR count). The number of aromatic amines is 1. The summed E-state index contributed by atoms with van der Waals surface area (Å²) in [6.45, 7) is 12.9. The summed E-state index contributed by atoms with van der Waals surface area (Å²) in [5.74, 6) is 2.07. The Morgan fingerprint density at radius 1 is 1.09 bits per heavy atom. The molecule has 6 heteroatoms. The van der Waals surface area contributed by atoms with E-state index >= 15 is 0 Å². The number of rotatable bonds is 0. The number of carbonyl (C=O) groups is 2. The zero-order valence-corrected chi connectivity index (χ0v) is 21.2. The van der Waals surface area contributed by atoms with Crippen LogP contribution in [0.5, 0.6) is 5.75 Å². The number of likely N-dealkylation sites (N-methyl/N-ethyl adjacent to an activating group) is 1. The molecule has 2 aromatic rings. The second-order valence-corrected chi connectivity index (χ2v) is 13.1. The summed E-state index contributed by atoms with van der Waals surface area (Å²) in [4.78, 5) is 35.5. The summed E-state index contributed by atoms with van der Waals surface area (Å²) in [5, 5.41) is 1.12. The number of ether oxygens (including phenoxy) is 1. The topological polar surface area (TPSA) is 65.6 Å². The fourth-order valence-corrected chi connectivity index (χ4v) is 8.79. The SMILES string of the molecule is CC1CN2CC34Cc5c([nH]c6c7c(ccc56)OC(C)(C)CC7=O)C(C)(C)C3CC2(C1)C(=O)N4C. The molecule has 0 saturated carbocycles. The Balaban J connectivity index is 1.44. The Kier molecular flexibility index (Phi) is 3.64. The highest BCUT2D eigenvalue weighted by atomic mass is 16.5. The van der Waals surface area contributed by atoms with Crippen LogP contribution in [0.15, 0.2) is 12.1 Å². The van der Waals surface area contributed by atoms with Crippen molar-refractivity contribution in [1.82, 2.24) is 14.8 Å². The third kappa shape index (κ3) is 2.22. The second-order valence-electron chi connectivity index (χ2n) is 13.1. The number of H-pyrrole nitrogens is 1. The molecule has 2 spiro atoms. The van der Waals surface area contributed by atoms with Crippen LogP contribution in [0.2, 0.25) is 0 Å². The number of fused-ring (bicyclic) bond motifs is 6. The summed E-state index contributed by atoms with van der Waals surface area (Å²) in [6.07, 6.45) is 3.11. The van der Waals surface area contributed by atoms with Crippen LogP contribution in [0.25, 0.3) is 10.9 Å². The van der Waals surface area contributed by atoms with Crippen molar-refractivity contribution in [3.63, 3.8) is 0 Å². The summed E-state index contributed by atoms with van der Waals surface area (Å²) >= 11 is 0. The van der Waals surface area contributed by atoms with Crippen LogP contribution >= 0.6 is 0 Å². The van der Waals surface area contributed by atoms with Crippen molar-refractivity contribution >= 4 is 22.6 Å². The molecule has 1 aromatic carbocycles. The van der Waals surface area contributed by atoms with Crippen molar-refractivity contribution in [2.24, 2.45) is 11.8 Å². The van der Waals surface area contributed by atoms with Crippen LogP contribution in [0.1, 0.15) is 75.5 Å². The Hall–Kier alpha value is -2.34. The van der Waals surface area contributed by atoms with Crippen LogP contribution in [0.3, 0.4) is 0 Å². The summed E-state index contributed by atoms with van der Waals surface area (Å²) in [5.41, 5.74) is 2.96. The number of piperazine rings is 1. The third-order valence-electron chi connectivity index (χ3n) is 10.1. The molecule has 4 fully saturated rings. The highest BCUT2D eigenvalue weighted by Gasteiger charge is 2.71. The van der Waals surface area contributed by atoms with E-state index in [1.807, 2.05) is 27.0 Å². The predicted octanol–water partition coefficient (Wildman–Crippen LogP) is 4.06. The minimum absolute atomic E-state index is 0.142. The first-order chi connectivity index (χ1) is 15.9. The molecule has 0 radical (unpaired) electrons. The van der Waals surface area contributed by atoms with Gasteiger partial charge >= 0.3 is 0 Å². The molecule has 2 bridgehead atoms. The van der Waals surface area contributed by atoms with Gasteiger partial charge in [-0.2, -0.15) is 0 Å². The molecule has 34 heavy (non-hydrogen) atoms. The second kappa shape index (κ2) is 5.89. The predicted molar refractivity (Wildman–Crippen MR) is 130 cm³/mol. The van der Waals surface area contributed by atoms with Gasteiger partial charge in [0.05, 0.1) is 23.0 Å². The lowest BCUT2D eigenvalue weighted by Gasteiger charge is -2.68. The van der Waals surface area contributed by atoms with Gasteiger partial charge in [-0.05, 0) is 62.6 Å². The van der Waals surface area contributed by atoms with Gasteiger partial charge in [0, 0.05) is 36.6 Å². The van der Waals surface area contributed by atoms with Gasteiger partial charge < -0.3 is 14.6 Å². The number of hydrogen-bond acceptors (Lipinski definition) is 4. The number of piperidine rings is 2. The molecule has 4 unspecified atom stereocenters. The number of hydrogen-bond donors (Lipinski definition) is 1. The lowest BCUT2D eigenvalue weighted by atomic mass is 9.51. The van der Waals surface area contributed by atoms with Crippen molar-refractivity contribution < 1.29 is 14.3 Å². The number of nitrogens with zero attached hydrogens (tertiary/aromatic N) is 2. The Labute approximate surface area is 201 Å². The molecule has 6 aliphatic rings. The van der Waals surface area contributed by atoms with E-state index in [-0.39, 0.29) is 22.3 Å². The first kappa shape index (κ1) is 21.0. The third-order valence-corrected chi connectivity index (χ3v) is 10.1. The average molecular weight is 462 g/mol. The minimum atomic E-state index is -0.484. The molecular formula is C28H35N3O3. The van der Waals surface area contributed by atoms with E-state index in [9.17, 15) is 9.59 Å². The molecule has 6 nitrogen and oxygen atoms in total. The quantitative estimate of drug-likeness (QED) is 0.643. The molecule has 1 N–H and O–H groups in total. The van der Waals surface area contributed by atoms with E-state index in [1.165, 1.54) is 11.3 Å². The van der Waals surface area contributed by atoms with Crippen LogP contribution in [0.4, 0.5) is 0 Å². The molecular weight excluding hydrogens is 426 g/mol. The average Bonchev–Trinajstić information content (AvgIpc) is 3.27. The Bertz CT molecular complexity index is 1310. The van der Waals surface area contributed by atoms with Crippen molar-refractivity contribution in [3.8, 4) is 5.75 Å². The molecule has 180 valence electrons. The maximum atomic E-state index is 13.8. The zero-order valence-electron chi connectivity index (χ0n) is 21.2. The minimum Gasteiger partial charge on any atom is -0.487 e. The van der Waals surface area contributed by atoms with Crippen LogP contribution in [0, 0.1) is 11.8 Å². The van der Waals surface area contributed by atoms with Gasteiger partial charge in [-0.15, -0.1) is 0 Å². The molecule has 4 saturated heterocycles. The van der Waals surface area contributed by atoms with E-state index in [4.69, 9.17) is 4.74 Å². The maximum Gasteiger partial charge on any atom is 0.243 e. The number of amides is 1. The van der Waals surface area contributed by atoms with Crippen molar-refractivity contribution in [2.45, 2.75) is 82.4 Å². The van der Waals surface area contributed by atoms with Crippen molar-refractivity contribution in [3.05, 3.63) is 29.0 Å². The molecule has 1 aliphatic carbocycles. The molecule has 5 aliphatic heterocycles. The maximum absolute atomic E-state index is 13.8. The number of Topliss-reactive ketones (excluding diaryl/α,β-unsaturated/α-hetero) is 1. The Morgan fingerprint density at radius 3 is 2.62 bits per heavy atom. The van der Waals surface area contributed by atoms with E-state index in [2.05, 4.69) is 41.6 Å². The van der Waals surface area contributed by atoms with Crippen LogP contribution in [-0.2, 0) is 16.6 Å². The zero-order chi connectivity index (χ0) is 24.0. The monoisotopic (exact) mass is 461 g/mol. The number of nitrogens with one attached hydrogen (secondary N) is 1. The normalized spacial score (nSPS) is 37.3. The molecule has 6 heterocycles. The smallest absolute Gasteiger partial charge is 0.243 e. The lowest BCUT2D eigenvalue weighted by Crippen LogP contribution is -2.82. The van der Waals surface area contributed by atoms with Gasteiger partial charge in [0.1, 0.15) is 16.9 Å². The standard InChI is InChI=1S/C28H35N3O3/c1-15-9-27-12-20-26(4,5)23-17(10-28(20,14-31(27)13-15)30(6)24(27)33)16-7-8-19-21(22(16)29-23)18(32)11-25(2,3)34-19/h7-8,15,20,29H,9-14H2,1-6H3. The molecule has 1 aromatic heterocycles. The van der Waals surface area contributed by atoms with Crippen molar-refractivity contribution in [1.29, 1.82) is 0 Å². The van der Waals surface area contributed by atoms with Crippen molar-refractivity contribution in [2.75, 3.05) is 20.1 Å². The lowest BCUT2D eigenvalue weighted by molar-refractivity contribution is -0.191. The van der Waals surface area contributed by atoms with Gasteiger partial charge in [0.15, 0.2) is 5.78 Å². The van der Waals surface area contributed by atoms with E-state index < -0.39 is 5.60 Å². The van der Waals surface area contributed by atoms with Gasteiger partial charge in [-0.1, -0.05) is 20.8 Å². The highest BCUT2D eigenvalue weighted by molar-refractivity contribution is 6.11. The van der Waals surface area contributed by atoms with Crippen LogP contribution < -0.4 is 4.74 Å². The van der Waals surface area contributed by atoms with Crippen LogP contribution in [-0.4, -0.2) is 63.3 Å². The summed E-state index contributed by atoms with van der Waals surface area (Å²) in [7, 11) is 2.05. The van der Waals surface area contributed by atoms with Gasteiger partial charge in [0.25, 0.3) is 0 Å². The van der Waals surface area contributed by atoms with Gasteiger partial charge in [0.2, 0.25) is 5.91 Å². The summed E-state index contributed by atoms with van der Waals surface area (Å²) in [6, 6.07) is 4.10. The van der Waals surface area contributed by atoms with E-state index in [0.29, 0.717) is 35.5 Å². The fraction of sp³-hybridized carbons (Fsp3) is 0.643. The number of ketones is 1. The number of carbonyl (C=O) groups excluding carboxylic acids is 2. The van der Waals surface area contributed by atoms with E-state index in [0.717, 1.165) is 43.3 Å². The largest absolute Gasteiger partial charge is 0.487 e. The van der Waals surface area contributed by atoms with Gasteiger partial charge in [-0.25, -0.2) is 0 Å². The first-order valence-corrected chi connectivity index (χ1v) is 12.8. The first-order valence-electron chi connectivity index (χ1n) is 12.8. The fourth-order valence-electron chi connectivity index (χ4n) is 8.79. The van der Waals surface area contributed by atoms with E-state index in [1.54, 1.807) is 0 Å². The number of aromatic nitrogens is 1. The number of benzene rings is 1. The van der Waals surface area contributed by atoms with Gasteiger partial charge in [-0.3, -0.25) is 14.5 Å².